The van der Waals surface area contributed by atoms with E-state index in [0.29, 0.717) is 6.54 Å². The zero-order valence-electron chi connectivity index (χ0n) is 13.0. The van der Waals surface area contributed by atoms with Gasteiger partial charge in [0.15, 0.2) is 0 Å². The summed E-state index contributed by atoms with van der Waals surface area (Å²) in [5.74, 6) is 0.971. The van der Waals surface area contributed by atoms with Gasteiger partial charge in [0, 0.05) is 12.2 Å². The van der Waals surface area contributed by atoms with E-state index in [1.807, 2.05) is 29.2 Å². The molecule has 0 saturated carbocycles. The molecule has 0 spiro atoms. The van der Waals surface area contributed by atoms with Gasteiger partial charge >= 0.3 is 0 Å². The molecule has 1 aromatic carbocycles. The Morgan fingerprint density at radius 2 is 2.05 bits per heavy atom. The lowest BCUT2D eigenvalue weighted by Crippen LogP contribution is -2.33. The monoisotopic (exact) mass is 296 g/mol. The zero-order valence-corrected chi connectivity index (χ0v) is 13.0. The van der Waals surface area contributed by atoms with Gasteiger partial charge < -0.3 is 9.64 Å². The molecule has 1 aliphatic heterocycles. The van der Waals surface area contributed by atoms with Crippen molar-refractivity contribution in [3.05, 3.63) is 59.4 Å². The summed E-state index contributed by atoms with van der Waals surface area (Å²) in [6.45, 7) is 2.73. The SMILES string of the molecule is COc1ccc(CC[C@H](C)N2Cc3ncccc3C2=O)cc1. The van der Waals surface area contributed by atoms with Crippen LogP contribution in [0.15, 0.2) is 42.6 Å². The molecule has 0 unspecified atom stereocenters. The number of fused-ring (bicyclic) bond motifs is 1. The number of amides is 1. The molecule has 1 atom stereocenters. The van der Waals surface area contributed by atoms with Crippen molar-refractivity contribution in [2.45, 2.75) is 32.4 Å². The average Bonchev–Trinajstić information content (AvgIpc) is 2.90. The van der Waals surface area contributed by atoms with Crippen LogP contribution in [0.4, 0.5) is 0 Å². The first kappa shape index (κ1) is 14.6. The third-order valence-electron chi connectivity index (χ3n) is 4.24. The van der Waals surface area contributed by atoms with Gasteiger partial charge in [0.25, 0.3) is 5.91 Å². The highest BCUT2D eigenvalue weighted by Gasteiger charge is 2.31. The van der Waals surface area contributed by atoms with Crippen LogP contribution in [0.25, 0.3) is 0 Å². The number of pyridine rings is 1. The first-order chi connectivity index (χ1) is 10.7. The van der Waals surface area contributed by atoms with E-state index in [0.717, 1.165) is 29.8 Å². The zero-order chi connectivity index (χ0) is 15.5. The summed E-state index contributed by atoms with van der Waals surface area (Å²) >= 11 is 0. The minimum Gasteiger partial charge on any atom is -0.497 e. The summed E-state index contributed by atoms with van der Waals surface area (Å²) in [4.78, 5) is 18.6. The van der Waals surface area contributed by atoms with Gasteiger partial charge in [-0.2, -0.15) is 0 Å². The van der Waals surface area contributed by atoms with E-state index < -0.39 is 0 Å². The maximum absolute atomic E-state index is 12.4. The highest BCUT2D eigenvalue weighted by Crippen LogP contribution is 2.24. The van der Waals surface area contributed by atoms with Crippen molar-refractivity contribution >= 4 is 5.91 Å². The highest BCUT2D eigenvalue weighted by molar-refractivity contribution is 5.97. The summed E-state index contributed by atoms with van der Waals surface area (Å²) in [5, 5.41) is 0. The summed E-state index contributed by atoms with van der Waals surface area (Å²) < 4.78 is 5.17. The number of benzene rings is 1. The van der Waals surface area contributed by atoms with E-state index in [2.05, 4.69) is 24.0 Å². The van der Waals surface area contributed by atoms with Gasteiger partial charge in [0.1, 0.15) is 5.75 Å². The predicted molar refractivity (Wildman–Crippen MR) is 84.9 cm³/mol. The Morgan fingerprint density at radius 3 is 2.73 bits per heavy atom. The first-order valence-corrected chi connectivity index (χ1v) is 7.57. The summed E-state index contributed by atoms with van der Waals surface area (Å²) in [6.07, 6.45) is 3.63. The van der Waals surface area contributed by atoms with Crippen LogP contribution in [-0.4, -0.2) is 28.9 Å². The summed E-state index contributed by atoms with van der Waals surface area (Å²) in [5.41, 5.74) is 2.90. The lowest BCUT2D eigenvalue weighted by atomic mass is 10.1. The minimum atomic E-state index is 0.102. The quantitative estimate of drug-likeness (QED) is 0.851. The number of hydrogen-bond donors (Lipinski definition) is 0. The predicted octanol–water partition coefficient (Wildman–Crippen LogP) is 3.07. The number of methoxy groups -OCH3 is 1. The van der Waals surface area contributed by atoms with Crippen LogP contribution in [0.1, 0.15) is 35.0 Å². The maximum Gasteiger partial charge on any atom is 0.256 e. The molecule has 114 valence electrons. The lowest BCUT2D eigenvalue weighted by molar-refractivity contribution is 0.0709. The van der Waals surface area contributed by atoms with Gasteiger partial charge in [-0.05, 0) is 49.6 Å². The van der Waals surface area contributed by atoms with Crippen LogP contribution < -0.4 is 4.74 Å². The van der Waals surface area contributed by atoms with Gasteiger partial charge in [0.05, 0.1) is 24.9 Å². The molecule has 1 aromatic heterocycles. The average molecular weight is 296 g/mol. The molecule has 1 amide bonds. The van der Waals surface area contributed by atoms with Crippen LogP contribution in [0.5, 0.6) is 5.75 Å². The molecular weight excluding hydrogens is 276 g/mol. The second-order valence-electron chi connectivity index (χ2n) is 5.67. The topological polar surface area (TPSA) is 42.4 Å². The molecule has 2 aromatic rings. The Kier molecular flexibility index (Phi) is 4.09. The molecular formula is C18H20N2O2. The number of aromatic nitrogens is 1. The Bertz CT molecular complexity index is 667. The molecule has 1 aliphatic rings. The van der Waals surface area contributed by atoms with Crippen LogP contribution in [0, 0.1) is 0 Å². The van der Waals surface area contributed by atoms with Crippen molar-refractivity contribution in [3.63, 3.8) is 0 Å². The second-order valence-corrected chi connectivity index (χ2v) is 5.67. The van der Waals surface area contributed by atoms with E-state index in [1.165, 1.54) is 5.56 Å². The number of nitrogens with zero attached hydrogens (tertiary/aromatic N) is 2. The molecule has 0 bridgehead atoms. The largest absolute Gasteiger partial charge is 0.497 e. The summed E-state index contributed by atoms with van der Waals surface area (Å²) in [6, 6.07) is 12.0. The van der Waals surface area contributed by atoms with Crippen molar-refractivity contribution in [1.82, 2.24) is 9.88 Å². The lowest BCUT2D eigenvalue weighted by Gasteiger charge is -2.24. The Hall–Kier alpha value is -2.36. The number of ether oxygens (including phenoxy) is 1. The fourth-order valence-corrected chi connectivity index (χ4v) is 2.83. The van der Waals surface area contributed by atoms with Crippen LogP contribution in [0.3, 0.4) is 0 Å². The molecule has 4 heteroatoms. The third kappa shape index (κ3) is 2.82. The molecule has 22 heavy (non-hydrogen) atoms. The van der Waals surface area contributed by atoms with E-state index in [4.69, 9.17) is 4.74 Å². The Labute approximate surface area is 130 Å². The Morgan fingerprint density at radius 1 is 1.27 bits per heavy atom. The van der Waals surface area contributed by atoms with Gasteiger partial charge in [-0.3, -0.25) is 9.78 Å². The van der Waals surface area contributed by atoms with Crippen LogP contribution >= 0.6 is 0 Å². The smallest absolute Gasteiger partial charge is 0.256 e. The Balaban J connectivity index is 1.61. The molecule has 0 aliphatic carbocycles. The number of aryl methyl sites for hydroxylation is 1. The van der Waals surface area contributed by atoms with Crippen molar-refractivity contribution in [1.29, 1.82) is 0 Å². The number of hydrogen-bond acceptors (Lipinski definition) is 3. The van der Waals surface area contributed by atoms with Crippen LogP contribution in [-0.2, 0) is 13.0 Å². The van der Waals surface area contributed by atoms with Gasteiger partial charge in [0.2, 0.25) is 0 Å². The molecule has 0 radical (unpaired) electrons. The van der Waals surface area contributed by atoms with E-state index in [1.54, 1.807) is 13.3 Å². The van der Waals surface area contributed by atoms with Crippen LogP contribution in [0.2, 0.25) is 0 Å². The first-order valence-electron chi connectivity index (χ1n) is 7.57. The van der Waals surface area contributed by atoms with E-state index in [-0.39, 0.29) is 11.9 Å². The number of carbonyl (C=O) groups excluding carboxylic acids is 1. The molecule has 2 heterocycles. The number of rotatable bonds is 5. The van der Waals surface area contributed by atoms with E-state index in [9.17, 15) is 4.79 Å². The van der Waals surface area contributed by atoms with E-state index >= 15 is 0 Å². The maximum atomic E-state index is 12.4. The van der Waals surface area contributed by atoms with Gasteiger partial charge in [-0.15, -0.1) is 0 Å². The third-order valence-corrected chi connectivity index (χ3v) is 4.24. The van der Waals surface area contributed by atoms with Crippen molar-refractivity contribution in [2.24, 2.45) is 0 Å². The fraction of sp³-hybridized carbons (Fsp3) is 0.333. The van der Waals surface area contributed by atoms with Crippen molar-refractivity contribution in [2.75, 3.05) is 7.11 Å². The van der Waals surface area contributed by atoms with Gasteiger partial charge in [-0.25, -0.2) is 0 Å². The molecule has 0 fully saturated rings. The fourth-order valence-electron chi connectivity index (χ4n) is 2.83. The molecule has 3 rings (SSSR count). The standard InChI is InChI=1S/C18H20N2O2/c1-13(5-6-14-7-9-15(22-2)10-8-14)20-12-17-16(18(20)21)4-3-11-19-17/h3-4,7-11,13H,5-6,12H2,1-2H3/t13-/m0/s1. The molecule has 4 nitrogen and oxygen atoms in total. The summed E-state index contributed by atoms with van der Waals surface area (Å²) in [7, 11) is 1.67. The molecule has 0 saturated heterocycles. The van der Waals surface area contributed by atoms with Crippen molar-refractivity contribution < 1.29 is 9.53 Å². The second kappa shape index (κ2) is 6.18. The minimum absolute atomic E-state index is 0.102. The number of carbonyl (C=O) groups is 1. The highest BCUT2D eigenvalue weighted by atomic mass is 16.5. The van der Waals surface area contributed by atoms with Gasteiger partial charge in [-0.1, -0.05) is 12.1 Å². The van der Waals surface area contributed by atoms with Crippen molar-refractivity contribution in [3.8, 4) is 5.75 Å². The normalized spacial score (nSPS) is 14.8. The molecule has 0 N–H and O–H groups in total.